The molecule has 3 nitrogen and oxygen atoms in total. The van der Waals surface area contributed by atoms with Gasteiger partial charge in [-0.2, -0.15) is 0 Å². The molecule has 4 heteroatoms. The lowest BCUT2D eigenvalue weighted by molar-refractivity contribution is 0.0705. The Balaban J connectivity index is 1.75. The first-order chi connectivity index (χ1) is 10.2. The molecule has 3 rings (SSSR count). The number of nitrogens with zero attached hydrogens (tertiary/aromatic N) is 1. The highest BCUT2D eigenvalue weighted by atomic mass is 32.1. The molecule has 0 spiro atoms. The van der Waals surface area contributed by atoms with Crippen LogP contribution in [0, 0.1) is 5.92 Å². The Hall–Kier alpha value is -0.870. The van der Waals surface area contributed by atoms with Gasteiger partial charge in [0.05, 0.1) is 4.88 Å². The van der Waals surface area contributed by atoms with Gasteiger partial charge >= 0.3 is 0 Å². The van der Waals surface area contributed by atoms with E-state index in [2.05, 4.69) is 6.07 Å². The van der Waals surface area contributed by atoms with E-state index in [0.717, 1.165) is 24.1 Å². The van der Waals surface area contributed by atoms with Crippen LogP contribution in [0.5, 0.6) is 0 Å². The van der Waals surface area contributed by atoms with Crippen molar-refractivity contribution < 1.29 is 4.79 Å². The van der Waals surface area contributed by atoms with Gasteiger partial charge in [-0.1, -0.05) is 12.8 Å². The smallest absolute Gasteiger partial charge is 0.263 e. The minimum atomic E-state index is 0.207. The first-order valence-electron chi connectivity index (χ1n) is 8.29. The Kier molecular flexibility index (Phi) is 4.65. The molecule has 1 heterocycles. The Morgan fingerprint density at radius 1 is 1.29 bits per heavy atom. The highest BCUT2D eigenvalue weighted by molar-refractivity contribution is 7.14. The van der Waals surface area contributed by atoms with E-state index < -0.39 is 0 Å². The topological polar surface area (TPSA) is 46.3 Å². The lowest BCUT2D eigenvalue weighted by atomic mass is 10.0. The first kappa shape index (κ1) is 15.0. The van der Waals surface area contributed by atoms with Crippen LogP contribution in [0.2, 0.25) is 0 Å². The van der Waals surface area contributed by atoms with Gasteiger partial charge in [0.2, 0.25) is 0 Å². The largest absolute Gasteiger partial charge is 0.338 e. The number of carbonyl (C=O) groups is 1. The van der Waals surface area contributed by atoms with Crippen LogP contribution in [0.4, 0.5) is 0 Å². The van der Waals surface area contributed by atoms with E-state index in [4.69, 9.17) is 5.73 Å². The summed E-state index contributed by atoms with van der Waals surface area (Å²) < 4.78 is 0. The van der Waals surface area contributed by atoms with Crippen LogP contribution >= 0.6 is 11.3 Å². The zero-order valence-electron chi connectivity index (χ0n) is 12.9. The minimum Gasteiger partial charge on any atom is -0.338 e. The highest BCUT2D eigenvalue weighted by Gasteiger charge is 2.32. The molecule has 21 heavy (non-hydrogen) atoms. The van der Waals surface area contributed by atoms with Gasteiger partial charge in [-0.25, -0.2) is 0 Å². The molecular formula is C17H26N2OS. The molecule has 1 aromatic heterocycles. The number of hydrogen-bond donors (Lipinski definition) is 1. The Bertz CT molecular complexity index is 487. The van der Waals surface area contributed by atoms with E-state index >= 15 is 0 Å². The SMILES string of the molecule is CN(C(=O)c1cc2c(s1)CCCCC2)C1CCCC1CN. The van der Waals surface area contributed by atoms with E-state index in [1.54, 1.807) is 11.3 Å². The summed E-state index contributed by atoms with van der Waals surface area (Å²) in [5.41, 5.74) is 7.29. The maximum Gasteiger partial charge on any atom is 0.263 e. The first-order valence-corrected chi connectivity index (χ1v) is 9.11. The van der Waals surface area contributed by atoms with Gasteiger partial charge in [0.25, 0.3) is 5.91 Å². The van der Waals surface area contributed by atoms with Crippen molar-refractivity contribution in [1.29, 1.82) is 0 Å². The number of hydrogen-bond acceptors (Lipinski definition) is 3. The van der Waals surface area contributed by atoms with Crippen LogP contribution in [0.25, 0.3) is 0 Å². The molecule has 0 aromatic carbocycles. The lowest BCUT2D eigenvalue weighted by Gasteiger charge is -2.28. The van der Waals surface area contributed by atoms with Crippen LogP contribution in [0.15, 0.2) is 6.07 Å². The van der Waals surface area contributed by atoms with Crippen molar-refractivity contribution in [2.45, 2.75) is 57.4 Å². The van der Waals surface area contributed by atoms with Gasteiger partial charge in [-0.05, 0) is 62.6 Å². The minimum absolute atomic E-state index is 0.207. The predicted molar refractivity (Wildman–Crippen MR) is 87.9 cm³/mol. The average molecular weight is 306 g/mol. The lowest BCUT2D eigenvalue weighted by Crippen LogP contribution is -2.41. The number of aryl methyl sites for hydroxylation is 2. The van der Waals surface area contributed by atoms with Gasteiger partial charge in [0, 0.05) is 18.0 Å². The predicted octanol–water partition coefficient (Wildman–Crippen LogP) is 3.22. The Labute approximate surface area is 131 Å². The van der Waals surface area contributed by atoms with E-state index in [-0.39, 0.29) is 5.91 Å². The molecule has 1 fully saturated rings. The molecular weight excluding hydrogens is 280 g/mol. The summed E-state index contributed by atoms with van der Waals surface area (Å²) in [6.07, 6.45) is 9.65. The third kappa shape index (κ3) is 3.02. The molecule has 0 aliphatic heterocycles. The van der Waals surface area contributed by atoms with E-state index in [9.17, 15) is 4.79 Å². The third-order valence-electron chi connectivity index (χ3n) is 5.20. The summed E-state index contributed by atoms with van der Waals surface area (Å²) in [4.78, 5) is 17.1. The average Bonchev–Trinajstić information content (AvgIpc) is 3.08. The molecule has 2 unspecified atom stereocenters. The quantitative estimate of drug-likeness (QED) is 0.872. The van der Waals surface area contributed by atoms with Gasteiger partial charge in [0.1, 0.15) is 0 Å². The molecule has 2 N–H and O–H groups in total. The fraction of sp³-hybridized carbons (Fsp3) is 0.706. The van der Waals surface area contributed by atoms with Crippen molar-refractivity contribution >= 4 is 17.2 Å². The zero-order chi connectivity index (χ0) is 14.8. The van der Waals surface area contributed by atoms with Gasteiger partial charge in [-0.3, -0.25) is 4.79 Å². The van der Waals surface area contributed by atoms with Gasteiger partial charge in [-0.15, -0.1) is 11.3 Å². The normalized spacial score (nSPS) is 25.4. The van der Waals surface area contributed by atoms with Crippen molar-refractivity contribution in [3.63, 3.8) is 0 Å². The molecule has 1 amide bonds. The van der Waals surface area contributed by atoms with E-state index in [0.29, 0.717) is 18.5 Å². The summed E-state index contributed by atoms with van der Waals surface area (Å²) >= 11 is 1.73. The summed E-state index contributed by atoms with van der Waals surface area (Å²) in [5.74, 6) is 0.690. The number of amides is 1. The molecule has 2 aliphatic carbocycles. The fourth-order valence-corrected chi connectivity index (χ4v) is 5.14. The van der Waals surface area contributed by atoms with Gasteiger partial charge < -0.3 is 10.6 Å². The monoisotopic (exact) mass is 306 g/mol. The second-order valence-corrected chi connectivity index (χ2v) is 7.67. The molecule has 0 bridgehead atoms. The number of rotatable bonds is 3. The Morgan fingerprint density at radius 2 is 2.10 bits per heavy atom. The zero-order valence-corrected chi connectivity index (χ0v) is 13.8. The molecule has 0 radical (unpaired) electrons. The second-order valence-electron chi connectivity index (χ2n) is 6.53. The standard InChI is InChI=1S/C17H26N2OS/c1-19(14-8-5-7-13(14)11-18)17(20)16-10-12-6-3-2-4-9-15(12)21-16/h10,13-14H,2-9,11,18H2,1H3. The molecule has 116 valence electrons. The maximum atomic E-state index is 12.8. The molecule has 2 atom stereocenters. The van der Waals surface area contributed by atoms with Crippen LogP contribution in [0.3, 0.4) is 0 Å². The van der Waals surface area contributed by atoms with Crippen molar-refractivity contribution in [2.24, 2.45) is 11.7 Å². The number of carbonyl (C=O) groups excluding carboxylic acids is 1. The van der Waals surface area contributed by atoms with Crippen LogP contribution in [-0.2, 0) is 12.8 Å². The van der Waals surface area contributed by atoms with Crippen molar-refractivity contribution in [3.05, 3.63) is 21.4 Å². The van der Waals surface area contributed by atoms with E-state index in [1.165, 1.54) is 42.5 Å². The van der Waals surface area contributed by atoms with Crippen LogP contribution in [0.1, 0.15) is 58.6 Å². The highest BCUT2D eigenvalue weighted by Crippen LogP contribution is 2.33. The maximum absolute atomic E-state index is 12.8. The summed E-state index contributed by atoms with van der Waals surface area (Å²) in [7, 11) is 1.96. The number of thiophene rings is 1. The summed E-state index contributed by atoms with van der Waals surface area (Å²) in [6.45, 7) is 0.698. The van der Waals surface area contributed by atoms with Crippen molar-refractivity contribution in [2.75, 3.05) is 13.6 Å². The molecule has 2 aliphatic rings. The molecule has 1 aromatic rings. The summed E-state index contributed by atoms with van der Waals surface area (Å²) in [5, 5.41) is 0. The van der Waals surface area contributed by atoms with Crippen molar-refractivity contribution in [1.82, 2.24) is 4.90 Å². The molecule has 0 saturated heterocycles. The van der Waals surface area contributed by atoms with Crippen molar-refractivity contribution in [3.8, 4) is 0 Å². The van der Waals surface area contributed by atoms with Gasteiger partial charge in [0.15, 0.2) is 0 Å². The fourth-order valence-electron chi connectivity index (χ4n) is 3.90. The second kappa shape index (κ2) is 6.49. The number of fused-ring (bicyclic) bond motifs is 1. The molecule has 1 saturated carbocycles. The number of nitrogens with two attached hydrogens (primary N) is 1. The Morgan fingerprint density at radius 3 is 2.90 bits per heavy atom. The summed E-state index contributed by atoms with van der Waals surface area (Å²) in [6, 6.07) is 2.50. The van der Waals surface area contributed by atoms with E-state index in [1.807, 2.05) is 11.9 Å². The third-order valence-corrected chi connectivity index (χ3v) is 6.42. The van der Waals surface area contributed by atoms with Crippen LogP contribution < -0.4 is 5.73 Å². The van der Waals surface area contributed by atoms with Crippen LogP contribution in [-0.4, -0.2) is 30.4 Å².